The van der Waals surface area contributed by atoms with E-state index in [1.54, 1.807) is 4.68 Å². The van der Waals surface area contributed by atoms with Crippen LogP contribution in [0.4, 0.5) is 13.2 Å². The third-order valence-corrected chi connectivity index (χ3v) is 4.48. The first-order valence-electron chi connectivity index (χ1n) is 7.76. The summed E-state index contributed by atoms with van der Waals surface area (Å²) in [5.41, 5.74) is 2.76. The second-order valence-corrected chi connectivity index (χ2v) is 6.02. The predicted molar refractivity (Wildman–Crippen MR) is 77.5 cm³/mol. The van der Waals surface area contributed by atoms with Gasteiger partial charge in [-0.15, -0.1) is 0 Å². The van der Waals surface area contributed by atoms with Crippen molar-refractivity contribution in [1.82, 2.24) is 14.7 Å². The van der Waals surface area contributed by atoms with Crippen LogP contribution in [0.15, 0.2) is 0 Å². The highest BCUT2D eigenvalue weighted by atomic mass is 19.4. The van der Waals surface area contributed by atoms with Crippen molar-refractivity contribution in [1.29, 1.82) is 0 Å². The van der Waals surface area contributed by atoms with Gasteiger partial charge in [0.15, 0.2) is 0 Å². The van der Waals surface area contributed by atoms with Gasteiger partial charge in [0.1, 0.15) is 0 Å². The van der Waals surface area contributed by atoms with Gasteiger partial charge in [-0.05, 0) is 26.7 Å². The van der Waals surface area contributed by atoms with E-state index >= 15 is 0 Å². The van der Waals surface area contributed by atoms with E-state index in [4.69, 9.17) is 5.11 Å². The van der Waals surface area contributed by atoms with Gasteiger partial charge < -0.3 is 5.11 Å². The summed E-state index contributed by atoms with van der Waals surface area (Å²) in [5.74, 6) is 0. The van der Waals surface area contributed by atoms with E-state index in [9.17, 15) is 13.2 Å². The van der Waals surface area contributed by atoms with Crippen LogP contribution in [0.25, 0.3) is 0 Å². The van der Waals surface area contributed by atoms with Gasteiger partial charge in [0.2, 0.25) is 0 Å². The van der Waals surface area contributed by atoms with Crippen LogP contribution in [0, 0.1) is 13.8 Å². The highest BCUT2D eigenvalue weighted by Crippen LogP contribution is 2.29. The van der Waals surface area contributed by atoms with E-state index in [0.717, 1.165) is 36.2 Å². The molecule has 7 heteroatoms. The number of aromatic nitrogens is 2. The summed E-state index contributed by atoms with van der Waals surface area (Å²) in [5, 5.41) is 13.4. The third kappa shape index (κ3) is 4.23. The first-order valence-corrected chi connectivity index (χ1v) is 7.76. The highest BCUT2D eigenvalue weighted by molar-refractivity contribution is 5.24. The van der Waals surface area contributed by atoms with Crippen molar-refractivity contribution in [3.8, 4) is 0 Å². The van der Waals surface area contributed by atoms with Crippen LogP contribution in [0.2, 0.25) is 0 Å². The van der Waals surface area contributed by atoms with Crippen molar-refractivity contribution in [3.63, 3.8) is 0 Å². The van der Waals surface area contributed by atoms with Crippen molar-refractivity contribution >= 4 is 0 Å². The minimum Gasteiger partial charge on any atom is -0.394 e. The van der Waals surface area contributed by atoms with Crippen molar-refractivity contribution in [2.75, 3.05) is 13.2 Å². The number of alkyl halides is 3. The van der Waals surface area contributed by atoms with E-state index < -0.39 is 12.6 Å². The number of aryl methyl sites for hydroxylation is 1. The van der Waals surface area contributed by atoms with Crippen molar-refractivity contribution in [2.45, 2.75) is 64.8 Å². The van der Waals surface area contributed by atoms with Crippen molar-refractivity contribution < 1.29 is 18.3 Å². The molecule has 22 heavy (non-hydrogen) atoms. The van der Waals surface area contributed by atoms with Crippen LogP contribution in [0.1, 0.15) is 42.6 Å². The zero-order chi connectivity index (χ0) is 16.3. The summed E-state index contributed by atoms with van der Waals surface area (Å²) in [6.45, 7) is 4.75. The van der Waals surface area contributed by atoms with Crippen molar-refractivity contribution in [2.24, 2.45) is 0 Å². The molecule has 0 spiro atoms. The number of aliphatic hydroxyl groups is 1. The molecular formula is C15H24F3N3O. The Morgan fingerprint density at radius 3 is 2.50 bits per heavy atom. The summed E-state index contributed by atoms with van der Waals surface area (Å²) in [7, 11) is 0. The molecule has 1 N–H and O–H groups in total. The second kappa shape index (κ2) is 7.00. The second-order valence-electron chi connectivity index (χ2n) is 6.02. The molecule has 0 amide bonds. The lowest BCUT2D eigenvalue weighted by atomic mass is 9.91. The molecule has 0 bridgehead atoms. The number of hydrogen-bond donors (Lipinski definition) is 1. The molecular weight excluding hydrogens is 295 g/mol. The van der Waals surface area contributed by atoms with E-state index in [1.807, 2.05) is 18.7 Å². The summed E-state index contributed by atoms with van der Waals surface area (Å²) in [4.78, 5) is 1.94. The fourth-order valence-electron chi connectivity index (χ4n) is 2.89. The van der Waals surface area contributed by atoms with Crippen LogP contribution in [-0.2, 0) is 13.1 Å². The molecule has 1 aliphatic rings. The molecule has 1 saturated carbocycles. The predicted octanol–water partition coefficient (Wildman–Crippen LogP) is 2.80. The number of halogens is 3. The maximum Gasteiger partial charge on any atom is 0.390 e. The lowest BCUT2D eigenvalue weighted by Gasteiger charge is -2.38. The minimum absolute atomic E-state index is 0.00180. The normalized spacial score (nSPS) is 16.3. The third-order valence-electron chi connectivity index (χ3n) is 4.48. The summed E-state index contributed by atoms with van der Waals surface area (Å²) >= 11 is 0. The van der Waals surface area contributed by atoms with E-state index in [-0.39, 0.29) is 19.2 Å². The number of rotatable bonds is 7. The van der Waals surface area contributed by atoms with E-state index in [0.29, 0.717) is 13.1 Å². The van der Waals surface area contributed by atoms with E-state index in [1.165, 1.54) is 0 Å². The van der Waals surface area contributed by atoms with E-state index in [2.05, 4.69) is 5.10 Å². The van der Waals surface area contributed by atoms with Crippen molar-refractivity contribution in [3.05, 3.63) is 17.0 Å². The largest absolute Gasteiger partial charge is 0.394 e. The van der Waals surface area contributed by atoms with Gasteiger partial charge in [-0.3, -0.25) is 9.58 Å². The monoisotopic (exact) mass is 319 g/mol. The van der Waals surface area contributed by atoms with Gasteiger partial charge in [-0.1, -0.05) is 6.42 Å². The minimum atomic E-state index is -4.12. The molecule has 0 atom stereocenters. The van der Waals surface area contributed by atoms with Gasteiger partial charge in [0.05, 0.1) is 25.3 Å². The average Bonchev–Trinajstić information content (AvgIpc) is 2.61. The fourth-order valence-corrected chi connectivity index (χ4v) is 2.89. The zero-order valence-corrected chi connectivity index (χ0v) is 13.2. The fraction of sp³-hybridized carbons (Fsp3) is 0.800. The number of hydrogen-bond acceptors (Lipinski definition) is 3. The lowest BCUT2D eigenvalue weighted by molar-refractivity contribution is -0.140. The molecule has 0 unspecified atom stereocenters. The first kappa shape index (κ1) is 17.3. The van der Waals surface area contributed by atoms with Gasteiger partial charge in [-0.2, -0.15) is 18.3 Å². The Kier molecular flexibility index (Phi) is 5.50. The molecule has 2 rings (SSSR count). The quantitative estimate of drug-likeness (QED) is 0.840. The SMILES string of the molecule is Cc1nn(CCO)c(C)c1CN(CCC(F)(F)F)C1CCC1. The Labute approximate surface area is 128 Å². The Morgan fingerprint density at radius 1 is 1.32 bits per heavy atom. The summed E-state index contributed by atoms with van der Waals surface area (Å²) in [6.07, 6.45) is -1.85. The molecule has 1 aliphatic carbocycles. The molecule has 0 radical (unpaired) electrons. The van der Waals surface area contributed by atoms with Gasteiger partial charge in [-0.25, -0.2) is 0 Å². The zero-order valence-electron chi connectivity index (χ0n) is 13.2. The maximum absolute atomic E-state index is 12.5. The Morgan fingerprint density at radius 2 is 2.00 bits per heavy atom. The maximum atomic E-state index is 12.5. The highest BCUT2D eigenvalue weighted by Gasteiger charge is 2.32. The van der Waals surface area contributed by atoms with Crippen LogP contribution < -0.4 is 0 Å². The van der Waals surface area contributed by atoms with Crippen LogP contribution >= 0.6 is 0 Å². The Balaban J connectivity index is 2.09. The molecule has 1 heterocycles. The molecule has 1 aromatic heterocycles. The standard InChI is InChI=1S/C15H24F3N3O/c1-11-14(12(2)21(19-11)8-9-22)10-20(13-4-3-5-13)7-6-15(16,17)18/h13,22H,3-10H2,1-2H3. The molecule has 1 fully saturated rings. The Bertz CT molecular complexity index is 495. The van der Waals surface area contributed by atoms with Crippen LogP contribution in [0.5, 0.6) is 0 Å². The van der Waals surface area contributed by atoms with Gasteiger partial charge in [0.25, 0.3) is 0 Å². The lowest BCUT2D eigenvalue weighted by Crippen LogP contribution is -2.41. The topological polar surface area (TPSA) is 41.3 Å². The van der Waals surface area contributed by atoms with Gasteiger partial charge in [0, 0.05) is 30.4 Å². The number of nitrogens with zero attached hydrogens (tertiary/aromatic N) is 3. The average molecular weight is 319 g/mol. The van der Waals surface area contributed by atoms with Gasteiger partial charge >= 0.3 is 6.18 Å². The molecule has 0 aliphatic heterocycles. The first-order chi connectivity index (χ1) is 10.3. The number of aliphatic hydroxyl groups excluding tert-OH is 1. The molecule has 0 aromatic carbocycles. The summed E-state index contributed by atoms with van der Waals surface area (Å²) < 4.78 is 39.3. The van der Waals surface area contributed by atoms with Crippen LogP contribution in [-0.4, -0.2) is 45.2 Å². The molecule has 126 valence electrons. The Hall–Kier alpha value is -1.08. The summed E-state index contributed by atoms with van der Waals surface area (Å²) in [6, 6.07) is 0.252. The molecule has 4 nitrogen and oxygen atoms in total. The van der Waals surface area contributed by atoms with Crippen LogP contribution in [0.3, 0.4) is 0 Å². The molecule has 0 saturated heterocycles. The smallest absolute Gasteiger partial charge is 0.390 e. The molecule has 1 aromatic rings.